The molecular weight excluding hydrogens is 611 g/mol. The Hall–Kier alpha value is -2.74. The first-order valence-electron chi connectivity index (χ1n) is 11.4. The number of nitrogen functional groups attached to an aromatic ring is 2. The number of phosphoric acid groups is 1. The van der Waals surface area contributed by atoms with Crippen molar-refractivity contribution >= 4 is 46.7 Å². The maximum absolute atomic E-state index is 12.4. The standard InChI is InChI=1S/C19H24BrN8O10P/c20-7-4-27(18(32)24-14(7)21)11-1-8(30)9(36-11)3-19(5-29)10(38-39(33,34)35)2-12(37-19)28-6-23-13-15(28)25-17(22)26-16(13)31/h4,6,8-12,29-30H,1-3,5H2,(H2,21,24,32)(H2,33,34,35)(H3,22,25,26,31)/p-1/t8-,9?,10-,11+,12+,19+/m0/s1. The minimum absolute atomic E-state index is 0.0149. The predicted molar refractivity (Wildman–Crippen MR) is 132 cm³/mol. The van der Waals surface area contributed by atoms with E-state index >= 15 is 0 Å². The lowest BCUT2D eigenvalue weighted by atomic mass is 9.89. The van der Waals surface area contributed by atoms with Crippen LogP contribution in [0, 0.1) is 0 Å². The lowest BCUT2D eigenvalue weighted by molar-refractivity contribution is -0.232. The zero-order valence-electron chi connectivity index (χ0n) is 19.8. The SMILES string of the molecule is Nc1nc2c(ncn2[C@H]2C[C@H](OP(=O)([O-])O)[C@](CO)(CC3O[C@@H](n4cc(Br)c(N)nc4=O)C[C@@H]3O)O2)c(=O)[nH]1. The molecule has 7 atom stereocenters. The maximum Gasteiger partial charge on any atom is 0.351 e. The number of phosphoric ester groups is 1. The fraction of sp³-hybridized carbons (Fsp3) is 0.526. The van der Waals surface area contributed by atoms with Gasteiger partial charge in [-0.2, -0.15) is 9.97 Å². The van der Waals surface area contributed by atoms with Crippen molar-refractivity contribution in [2.24, 2.45) is 0 Å². The highest BCUT2D eigenvalue weighted by atomic mass is 79.9. The molecule has 0 radical (unpaired) electrons. The molecule has 2 aliphatic heterocycles. The average molecular weight is 634 g/mol. The summed E-state index contributed by atoms with van der Waals surface area (Å²) in [7, 11) is -5.34. The van der Waals surface area contributed by atoms with Crippen LogP contribution >= 0.6 is 23.8 Å². The summed E-state index contributed by atoms with van der Waals surface area (Å²) in [6.45, 7) is -0.830. The van der Waals surface area contributed by atoms with Crippen LogP contribution in [-0.2, 0) is 18.6 Å². The van der Waals surface area contributed by atoms with E-state index in [2.05, 4.69) is 35.9 Å². The van der Waals surface area contributed by atoms with Crippen LogP contribution < -0.4 is 27.6 Å². The summed E-state index contributed by atoms with van der Waals surface area (Å²) in [5, 5.41) is 21.2. The van der Waals surface area contributed by atoms with E-state index in [0.717, 1.165) is 4.57 Å². The van der Waals surface area contributed by atoms with Gasteiger partial charge in [0.1, 0.15) is 30.0 Å². The Labute approximate surface area is 225 Å². The Balaban J connectivity index is 1.46. The molecule has 3 aromatic heterocycles. The first kappa shape index (κ1) is 27.8. The van der Waals surface area contributed by atoms with Gasteiger partial charge in [0.2, 0.25) is 5.95 Å². The van der Waals surface area contributed by atoms with Crippen molar-refractivity contribution in [2.45, 2.75) is 55.6 Å². The Morgan fingerprint density at radius 3 is 2.72 bits per heavy atom. The molecule has 0 spiro atoms. The van der Waals surface area contributed by atoms with Gasteiger partial charge in [-0.1, -0.05) is 0 Å². The molecule has 39 heavy (non-hydrogen) atoms. The summed E-state index contributed by atoms with van der Waals surface area (Å²) in [5.41, 5.74) is 8.02. The van der Waals surface area contributed by atoms with Crippen molar-refractivity contribution < 1.29 is 38.6 Å². The second-order valence-electron chi connectivity index (χ2n) is 9.17. The normalized spacial score (nSPS) is 30.6. The van der Waals surface area contributed by atoms with Crippen LogP contribution in [0.25, 0.3) is 11.2 Å². The minimum atomic E-state index is -5.34. The van der Waals surface area contributed by atoms with E-state index in [1.807, 2.05) is 0 Å². The summed E-state index contributed by atoms with van der Waals surface area (Å²) in [4.78, 5) is 59.7. The van der Waals surface area contributed by atoms with Gasteiger partial charge in [-0.25, -0.2) is 9.78 Å². The number of hydrogen-bond donors (Lipinski definition) is 6. The molecule has 0 amide bonds. The van der Waals surface area contributed by atoms with Gasteiger partial charge in [0.15, 0.2) is 11.2 Å². The van der Waals surface area contributed by atoms with E-state index in [-0.39, 0.29) is 42.2 Å². The van der Waals surface area contributed by atoms with E-state index < -0.39 is 62.0 Å². The van der Waals surface area contributed by atoms with Crippen molar-refractivity contribution in [1.29, 1.82) is 0 Å². The topological polar surface area (TPSA) is 279 Å². The number of hydrogen-bond acceptors (Lipinski definition) is 14. The van der Waals surface area contributed by atoms with Crippen LogP contribution in [0.2, 0.25) is 0 Å². The van der Waals surface area contributed by atoms with E-state index in [4.69, 9.17) is 25.5 Å². The summed E-state index contributed by atoms with van der Waals surface area (Å²) < 4.78 is 31.3. The number of fused-ring (bicyclic) bond motifs is 1. The Bertz CT molecular complexity index is 1570. The fourth-order valence-corrected chi connectivity index (χ4v) is 5.78. The van der Waals surface area contributed by atoms with Crippen molar-refractivity contribution in [2.75, 3.05) is 18.1 Å². The van der Waals surface area contributed by atoms with Gasteiger partial charge >= 0.3 is 5.69 Å². The number of imidazole rings is 1. The molecular formula is C19H23BrN8O10P-. The number of aliphatic hydroxyl groups excluding tert-OH is 2. The number of nitrogens with two attached hydrogens (primary N) is 2. The quantitative estimate of drug-likeness (QED) is 0.151. The molecule has 2 fully saturated rings. The van der Waals surface area contributed by atoms with Crippen molar-refractivity contribution in [1.82, 2.24) is 29.1 Å². The molecule has 20 heteroatoms. The second kappa shape index (κ2) is 10.0. The molecule has 5 heterocycles. The first-order chi connectivity index (χ1) is 18.3. The van der Waals surface area contributed by atoms with Gasteiger partial charge in [0.05, 0.1) is 29.6 Å². The predicted octanol–water partition coefficient (Wildman–Crippen LogP) is -2.16. The number of H-pyrrole nitrogens is 1. The van der Waals surface area contributed by atoms with Gasteiger partial charge in [-0.15, -0.1) is 0 Å². The van der Waals surface area contributed by atoms with Crippen LogP contribution in [0.3, 0.4) is 0 Å². The molecule has 2 aliphatic rings. The summed E-state index contributed by atoms with van der Waals surface area (Å²) in [6.07, 6.45) is -3.90. The zero-order chi connectivity index (χ0) is 28.3. The Morgan fingerprint density at radius 1 is 1.28 bits per heavy atom. The lowest BCUT2D eigenvalue weighted by Gasteiger charge is -2.36. The van der Waals surface area contributed by atoms with Gasteiger partial charge in [-0.05, 0) is 15.9 Å². The molecule has 0 aliphatic carbocycles. The number of nitrogens with one attached hydrogen (secondary N) is 1. The van der Waals surface area contributed by atoms with Crippen molar-refractivity contribution in [3.63, 3.8) is 0 Å². The number of halogens is 1. The average Bonchev–Trinajstić information content (AvgIpc) is 3.51. The molecule has 0 saturated carbocycles. The summed E-state index contributed by atoms with van der Waals surface area (Å²) >= 11 is 3.18. The highest BCUT2D eigenvalue weighted by Crippen LogP contribution is 2.49. The lowest BCUT2D eigenvalue weighted by Crippen LogP contribution is -2.48. The molecule has 8 N–H and O–H groups in total. The third kappa shape index (κ3) is 5.24. The van der Waals surface area contributed by atoms with E-state index in [0.29, 0.717) is 4.47 Å². The summed E-state index contributed by atoms with van der Waals surface area (Å²) in [5.74, 6) is -0.243. The molecule has 5 rings (SSSR count). The Morgan fingerprint density at radius 2 is 2.03 bits per heavy atom. The smallest absolute Gasteiger partial charge is 0.351 e. The van der Waals surface area contributed by atoms with E-state index in [1.165, 1.54) is 17.1 Å². The third-order valence-corrected chi connectivity index (χ3v) is 7.79. The monoisotopic (exact) mass is 633 g/mol. The second-order valence-corrected chi connectivity index (χ2v) is 11.2. The fourth-order valence-electron chi connectivity index (χ4n) is 4.87. The Kier molecular flexibility index (Phi) is 7.15. The van der Waals surface area contributed by atoms with Crippen molar-refractivity contribution in [3.8, 4) is 0 Å². The van der Waals surface area contributed by atoms with Crippen molar-refractivity contribution in [3.05, 3.63) is 37.8 Å². The maximum atomic E-state index is 12.4. The number of anilines is 2. The van der Waals surface area contributed by atoms with Gasteiger partial charge in [0.25, 0.3) is 13.4 Å². The summed E-state index contributed by atoms with van der Waals surface area (Å²) in [6, 6.07) is 0. The highest BCUT2D eigenvalue weighted by Gasteiger charge is 2.54. The number of rotatable bonds is 7. The highest BCUT2D eigenvalue weighted by molar-refractivity contribution is 9.10. The van der Waals surface area contributed by atoms with Gasteiger partial charge in [0, 0.05) is 25.5 Å². The number of nitrogens with zero attached hydrogens (tertiary/aromatic N) is 5. The van der Waals surface area contributed by atoms with Crippen LogP contribution in [0.5, 0.6) is 0 Å². The minimum Gasteiger partial charge on any atom is -0.756 e. The van der Waals surface area contributed by atoms with Gasteiger partial charge in [-0.3, -0.25) is 23.5 Å². The van der Waals surface area contributed by atoms with Crippen LogP contribution in [0.4, 0.5) is 11.8 Å². The number of aliphatic hydroxyl groups is 2. The van der Waals surface area contributed by atoms with E-state index in [1.54, 1.807) is 0 Å². The van der Waals surface area contributed by atoms with Crippen LogP contribution in [0.1, 0.15) is 31.7 Å². The first-order valence-corrected chi connectivity index (χ1v) is 13.7. The van der Waals surface area contributed by atoms with Crippen LogP contribution in [-0.4, -0.2) is 74.7 Å². The van der Waals surface area contributed by atoms with Crippen LogP contribution in [0.15, 0.2) is 26.6 Å². The number of aromatic amines is 1. The molecule has 2 unspecified atom stereocenters. The molecule has 212 valence electrons. The molecule has 3 aromatic rings. The van der Waals surface area contributed by atoms with E-state index in [9.17, 15) is 34.2 Å². The largest absolute Gasteiger partial charge is 0.756 e. The number of ether oxygens (including phenoxy) is 2. The molecule has 0 aromatic carbocycles. The molecule has 0 bridgehead atoms. The molecule has 2 saturated heterocycles. The number of aromatic nitrogens is 6. The molecule has 18 nitrogen and oxygen atoms in total. The third-order valence-electron chi connectivity index (χ3n) is 6.66. The van der Waals surface area contributed by atoms with Gasteiger partial charge < -0.3 is 45.5 Å². The zero-order valence-corrected chi connectivity index (χ0v) is 22.3.